The highest BCUT2D eigenvalue weighted by atomic mass is 79.9. The molecule has 1 aromatic carbocycles. The number of nitrogens with zero attached hydrogens (tertiary/aromatic N) is 1. The molecule has 0 N–H and O–H groups in total. The lowest BCUT2D eigenvalue weighted by molar-refractivity contribution is -0.186. The second-order valence-corrected chi connectivity index (χ2v) is 6.48. The van der Waals surface area contributed by atoms with Crippen molar-refractivity contribution in [1.29, 1.82) is 0 Å². The first-order valence-electron chi connectivity index (χ1n) is 7.32. The summed E-state index contributed by atoms with van der Waals surface area (Å²) in [5.41, 5.74) is -0.927. The lowest BCUT2D eigenvalue weighted by Crippen LogP contribution is -2.43. The van der Waals surface area contributed by atoms with Crippen LogP contribution in [0.3, 0.4) is 0 Å². The highest BCUT2D eigenvalue weighted by Crippen LogP contribution is 2.36. The van der Waals surface area contributed by atoms with Crippen molar-refractivity contribution in [2.45, 2.75) is 25.2 Å². The van der Waals surface area contributed by atoms with E-state index in [4.69, 9.17) is 4.74 Å². The number of amides is 1. The Hall–Kier alpha value is -1.45. The molecule has 0 atom stereocenters. The molecule has 2 rings (SSSR count). The Labute approximate surface area is 148 Å². The quantitative estimate of drug-likeness (QED) is 0.649. The molecule has 1 heterocycles. The van der Waals surface area contributed by atoms with E-state index in [1.165, 1.54) is 4.90 Å². The fraction of sp³-hybridized carbons (Fsp3) is 0.533. The van der Waals surface area contributed by atoms with E-state index in [0.29, 0.717) is 0 Å². The molecule has 0 aromatic heterocycles. The third-order valence-corrected chi connectivity index (χ3v) is 4.58. The summed E-state index contributed by atoms with van der Waals surface area (Å²) in [5, 5.41) is 0. The molecule has 140 valence electrons. The summed E-state index contributed by atoms with van der Waals surface area (Å²) in [7, 11) is 0. The number of hydrogen-bond donors (Lipinski definition) is 0. The molecule has 1 aliphatic heterocycles. The zero-order valence-corrected chi connectivity index (χ0v) is 14.3. The Balaban J connectivity index is 1.93. The number of likely N-dealkylation sites (tertiary alicyclic amines) is 1. The zero-order valence-electron chi connectivity index (χ0n) is 12.8. The van der Waals surface area contributed by atoms with Gasteiger partial charge in [-0.2, -0.15) is 26.3 Å². The van der Waals surface area contributed by atoms with Gasteiger partial charge < -0.3 is 9.64 Å². The lowest BCUT2D eigenvalue weighted by Gasteiger charge is -2.32. The van der Waals surface area contributed by atoms with Crippen LogP contribution >= 0.6 is 15.9 Å². The molecule has 0 spiro atoms. The first kappa shape index (κ1) is 19.9. The predicted octanol–water partition coefficient (Wildman–Crippen LogP) is 4.65. The van der Waals surface area contributed by atoms with Gasteiger partial charge >= 0.3 is 12.4 Å². The van der Waals surface area contributed by atoms with Gasteiger partial charge in [-0.05, 0) is 47.0 Å². The number of rotatable bonds is 3. The van der Waals surface area contributed by atoms with E-state index >= 15 is 0 Å². The molecule has 25 heavy (non-hydrogen) atoms. The summed E-state index contributed by atoms with van der Waals surface area (Å²) in [6, 6.07) is 2.77. The zero-order chi connectivity index (χ0) is 18.8. The second kappa shape index (κ2) is 7.43. The summed E-state index contributed by atoms with van der Waals surface area (Å²) in [6.07, 6.45) is -9.22. The topological polar surface area (TPSA) is 29.5 Å². The number of benzene rings is 1. The maximum atomic E-state index is 12.7. The van der Waals surface area contributed by atoms with Gasteiger partial charge in [-0.25, -0.2) is 0 Å². The maximum absolute atomic E-state index is 12.7. The van der Waals surface area contributed by atoms with Crippen molar-refractivity contribution < 1.29 is 35.9 Å². The van der Waals surface area contributed by atoms with Gasteiger partial charge in [0.1, 0.15) is 5.75 Å². The van der Waals surface area contributed by atoms with Crippen LogP contribution in [0.5, 0.6) is 5.75 Å². The third-order valence-electron chi connectivity index (χ3n) is 3.92. The molecule has 0 unspecified atom stereocenters. The Morgan fingerprint density at radius 1 is 1.16 bits per heavy atom. The van der Waals surface area contributed by atoms with Gasteiger partial charge in [-0.1, -0.05) is 0 Å². The molecule has 10 heteroatoms. The molecule has 0 saturated carbocycles. The van der Waals surface area contributed by atoms with E-state index in [2.05, 4.69) is 15.9 Å². The highest BCUT2D eigenvalue weighted by molar-refractivity contribution is 9.10. The van der Waals surface area contributed by atoms with Crippen molar-refractivity contribution in [3.05, 3.63) is 28.2 Å². The molecule has 1 amide bonds. The fourth-order valence-electron chi connectivity index (χ4n) is 2.48. The Kier molecular flexibility index (Phi) is 5.90. The van der Waals surface area contributed by atoms with Crippen LogP contribution in [0.25, 0.3) is 0 Å². The molecule has 0 aliphatic carbocycles. The van der Waals surface area contributed by atoms with Gasteiger partial charge in [-0.3, -0.25) is 4.79 Å². The first-order valence-corrected chi connectivity index (χ1v) is 8.12. The average molecular weight is 434 g/mol. The fourth-order valence-corrected chi connectivity index (χ4v) is 2.84. The van der Waals surface area contributed by atoms with Crippen molar-refractivity contribution in [2.75, 3.05) is 19.7 Å². The van der Waals surface area contributed by atoms with Gasteiger partial charge in [0.15, 0.2) is 6.61 Å². The van der Waals surface area contributed by atoms with Crippen LogP contribution in [-0.4, -0.2) is 36.7 Å². The van der Waals surface area contributed by atoms with Crippen molar-refractivity contribution >= 4 is 21.8 Å². The number of carbonyl (C=O) groups excluding carboxylic acids is 1. The van der Waals surface area contributed by atoms with Crippen molar-refractivity contribution in [1.82, 2.24) is 4.90 Å². The molecule has 0 bridgehead atoms. The maximum Gasteiger partial charge on any atom is 0.416 e. The minimum Gasteiger partial charge on any atom is -0.483 e. The molecule has 1 aromatic rings. The Morgan fingerprint density at radius 3 is 2.28 bits per heavy atom. The van der Waals surface area contributed by atoms with Crippen molar-refractivity contribution in [2.24, 2.45) is 5.92 Å². The monoisotopic (exact) mass is 433 g/mol. The summed E-state index contributed by atoms with van der Waals surface area (Å²) < 4.78 is 81.2. The number of piperidine rings is 1. The van der Waals surface area contributed by atoms with E-state index in [1.54, 1.807) is 0 Å². The Bertz CT molecular complexity index is 623. The minimum absolute atomic E-state index is 0.0594. The van der Waals surface area contributed by atoms with E-state index < -0.39 is 36.3 Å². The van der Waals surface area contributed by atoms with Crippen LogP contribution in [0, 0.1) is 5.92 Å². The average Bonchev–Trinajstić information content (AvgIpc) is 2.52. The van der Waals surface area contributed by atoms with Crippen molar-refractivity contribution in [3.63, 3.8) is 0 Å². The van der Waals surface area contributed by atoms with Crippen molar-refractivity contribution in [3.8, 4) is 5.75 Å². The summed E-state index contributed by atoms with van der Waals surface area (Å²) in [4.78, 5) is 13.2. The van der Waals surface area contributed by atoms with E-state index in [9.17, 15) is 31.1 Å². The predicted molar refractivity (Wildman–Crippen MR) is 80.0 cm³/mol. The number of alkyl halides is 6. The van der Waals surface area contributed by atoms with Gasteiger partial charge in [-0.15, -0.1) is 0 Å². The lowest BCUT2D eigenvalue weighted by atomic mass is 9.96. The number of ether oxygens (including phenoxy) is 1. The molecular weight excluding hydrogens is 420 g/mol. The van der Waals surface area contributed by atoms with Gasteiger partial charge in [0.05, 0.1) is 16.0 Å². The van der Waals surface area contributed by atoms with Gasteiger partial charge in [0.2, 0.25) is 0 Å². The summed E-state index contributed by atoms with van der Waals surface area (Å²) in [5.74, 6) is -2.16. The molecule has 1 saturated heterocycles. The molecular formula is C15H14BrF6NO2. The largest absolute Gasteiger partial charge is 0.483 e. The second-order valence-electron chi connectivity index (χ2n) is 5.63. The molecule has 0 radical (unpaired) electrons. The normalized spacial score (nSPS) is 16.8. The number of hydrogen-bond acceptors (Lipinski definition) is 2. The SMILES string of the molecule is O=C(COc1cc(C(F)(F)F)ccc1Br)N1CCC(C(F)(F)F)CC1. The van der Waals surface area contributed by atoms with Crippen LogP contribution < -0.4 is 4.74 Å². The number of halogens is 7. The molecule has 3 nitrogen and oxygen atoms in total. The smallest absolute Gasteiger partial charge is 0.416 e. The van der Waals surface area contributed by atoms with Gasteiger partial charge in [0.25, 0.3) is 5.91 Å². The standard InChI is InChI=1S/C15H14BrF6NO2/c16-11-2-1-10(15(20,21)22)7-12(11)25-8-13(24)23-5-3-9(4-6-23)14(17,18)19/h1-2,7,9H,3-6,8H2. The minimum atomic E-state index is -4.55. The van der Waals surface area contributed by atoms with Crippen LogP contribution in [0.1, 0.15) is 18.4 Å². The van der Waals surface area contributed by atoms with E-state index in [0.717, 1.165) is 18.2 Å². The van der Waals surface area contributed by atoms with Crippen LogP contribution in [-0.2, 0) is 11.0 Å². The first-order chi connectivity index (χ1) is 11.5. The van der Waals surface area contributed by atoms with E-state index in [-0.39, 0.29) is 36.2 Å². The summed E-state index contributed by atoms with van der Waals surface area (Å²) >= 11 is 3.03. The molecule has 1 fully saturated rings. The highest BCUT2D eigenvalue weighted by Gasteiger charge is 2.41. The van der Waals surface area contributed by atoms with Crippen LogP contribution in [0.4, 0.5) is 26.3 Å². The van der Waals surface area contributed by atoms with Crippen LogP contribution in [0.15, 0.2) is 22.7 Å². The van der Waals surface area contributed by atoms with E-state index in [1.807, 2.05) is 0 Å². The van der Waals surface area contributed by atoms with Crippen LogP contribution in [0.2, 0.25) is 0 Å². The molecule has 1 aliphatic rings. The van der Waals surface area contributed by atoms with Gasteiger partial charge in [0, 0.05) is 13.1 Å². The summed E-state index contributed by atoms with van der Waals surface area (Å²) in [6.45, 7) is -0.664. The Morgan fingerprint density at radius 2 is 1.76 bits per heavy atom. The number of carbonyl (C=O) groups is 1. The third kappa shape index (κ3) is 5.26.